The van der Waals surface area contributed by atoms with Crippen molar-refractivity contribution >= 4 is 23.4 Å². The van der Waals surface area contributed by atoms with Gasteiger partial charge in [-0.3, -0.25) is 0 Å². The maximum Gasteiger partial charge on any atom is 0.158 e. The van der Waals surface area contributed by atoms with Gasteiger partial charge in [0.2, 0.25) is 0 Å². The fourth-order valence-electron chi connectivity index (χ4n) is 0.853. The van der Waals surface area contributed by atoms with Gasteiger partial charge in [-0.25, -0.2) is 9.97 Å². The highest BCUT2D eigenvalue weighted by molar-refractivity contribution is 7.99. The first-order valence-electron chi connectivity index (χ1n) is 4.21. The molecule has 0 bridgehead atoms. The first-order valence-corrected chi connectivity index (χ1v) is 5.62. The quantitative estimate of drug-likeness (QED) is 0.586. The molecule has 0 aromatic carbocycles. The summed E-state index contributed by atoms with van der Waals surface area (Å²) in [6, 6.07) is 1.93. The summed E-state index contributed by atoms with van der Waals surface area (Å²) in [5.41, 5.74) is 0.347. The minimum Gasteiger partial charge on any atom is -0.245 e. The summed E-state index contributed by atoms with van der Waals surface area (Å²) >= 11 is 7.24. The zero-order valence-corrected chi connectivity index (χ0v) is 9.35. The lowest BCUT2D eigenvalue weighted by atomic mass is 10.4. The number of thioether (sulfide) groups is 1. The predicted octanol–water partition coefficient (Wildman–Crippen LogP) is 2.46. The van der Waals surface area contributed by atoms with Crippen LogP contribution in [0.4, 0.5) is 0 Å². The first kappa shape index (κ1) is 11.3. The van der Waals surface area contributed by atoms with Gasteiger partial charge in [-0.1, -0.05) is 6.92 Å². The lowest BCUT2D eigenvalue weighted by Gasteiger charge is -2.07. The van der Waals surface area contributed by atoms with E-state index in [9.17, 15) is 0 Å². The molecule has 1 atom stereocenters. The fraction of sp³-hybridized carbons (Fsp3) is 0.444. The van der Waals surface area contributed by atoms with E-state index in [0.29, 0.717) is 16.8 Å². The van der Waals surface area contributed by atoms with Crippen LogP contribution in [0, 0.1) is 11.3 Å². The Kier molecular flexibility index (Phi) is 4.71. The molecule has 14 heavy (non-hydrogen) atoms. The summed E-state index contributed by atoms with van der Waals surface area (Å²) in [7, 11) is 0. The van der Waals surface area contributed by atoms with Gasteiger partial charge in [0.1, 0.15) is 11.1 Å². The summed E-state index contributed by atoms with van der Waals surface area (Å²) in [4.78, 5) is 8.04. The Labute approximate surface area is 92.5 Å². The van der Waals surface area contributed by atoms with Crippen molar-refractivity contribution in [3.05, 3.63) is 18.1 Å². The van der Waals surface area contributed by atoms with Crippen molar-refractivity contribution in [2.45, 2.75) is 23.6 Å². The molecule has 1 unspecified atom stereocenters. The first-order chi connectivity index (χ1) is 6.76. The SMILES string of the molecule is CC(CCCl)Sc1cnc(C#N)cn1. The van der Waals surface area contributed by atoms with Crippen molar-refractivity contribution in [2.24, 2.45) is 0 Å². The van der Waals surface area contributed by atoms with E-state index in [1.807, 2.05) is 6.07 Å². The van der Waals surface area contributed by atoms with Crippen molar-refractivity contribution in [2.75, 3.05) is 5.88 Å². The van der Waals surface area contributed by atoms with Crippen molar-refractivity contribution < 1.29 is 0 Å². The molecule has 1 aromatic rings. The number of alkyl halides is 1. The van der Waals surface area contributed by atoms with Crippen LogP contribution in [0.1, 0.15) is 19.0 Å². The molecule has 0 amide bonds. The minimum absolute atomic E-state index is 0.347. The van der Waals surface area contributed by atoms with E-state index in [4.69, 9.17) is 16.9 Å². The molecule has 0 spiro atoms. The second-order valence-corrected chi connectivity index (χ2v) is 4.59. The molecule has 0 N–H and O–H groups in total. The lowest BCUT2D eigenvalue weighted by molar-refractivity contribution is 0.904. The number of nitriles is 1. The van der Waals surface area contributed by atoms with Gasteiger partial charge < -0.3 is 0 Å². The van der Waals surface area contributed by atoms with E-state index in [2.05, 4.69) is 16.9 Å². The molecular formula is C9H10ClN3S. The van der Waals surface area contributed by atoms with E-state index < -0.39 is 0 Å². The average molecular weight is 228 g/mol. The molecule has 0 aliphatic heterocycles. The van der Waals surface area contributed by atoms with Crippen LogP contribution in [-0.2, 0) is 0 Å². The summed E-state index contributed by atoms with van der Waals surface area (Å²) in [6.45, 7) is 2.09. The maximum absolute atomic E-state index is 8.52. The number of nitrogens with zero attached hydrogens (tertiary/aromatic N) is 3. The van der Waals surface area contributed by atoms with Crippen LogP contribution in [-0.4, -0.2) is 21.1 Å². The molecule has 1 heterocycles. The zero-order chi connectivity index (χ0) is 10.4. The molecule has 0 aliphatic rings. The Morgan fingerprint density at radius 2 is 2.36 bits per heavy atom. The number of halogens is 1. The topological polar surface area (TPSA) is 49.6 Å². The van der Waals surface area contributed by atoms with E-state index >= 15 is 0 Å². The minimum atomic E-state index is 0.347. The van der Waals surface area contributed by atoms with Crippen LogP contribution in [0.15, 0.2) is 17.4 Å². The Morgan fingerprint density at radius 3 is 2.86 bits per heavy atom. The second-order valence-electron chi connectivity index (χ2n) is 2.76. The van der Waals surface area contributed by atoms with Crippen LogP contribution < -0.4 is 0 Å². The second kappa shape index (κ2) is 5.84. The Morgan fingerprint density at radius 1 is 1.57 bits per heavy atom. The number of hydrogen-bond donors (Lipinski definition) is 0. The van der Waals surface area contributed by atoms with E-state index in [-0.39, 0.29) is 0 Å². The Bertz CT molecular complexity index is 320. The van der Waals surface area contributed by atoms with Crippen molar-refractivity contribution in [1.29, 1.82) is 5.26 Å². The van der Waals surface area contributed by atoms with E-state index in [1.54, 1.807) is 18.0 Å². The molecule has 1 aromatic heterocycles. The maximum atomic E-state index is 8.52. The third-order valence-electron chi connectivity index (χ3n) is 1.58. The predicted molar refractivity (Wildman–Crippen MR) is 57.4 cm³/mol. The summed E-state index contributed by atoms with van der Waals surface area (Å²) < 4.78 is 0. The molecule has 74 valence electrons. The van der Waals surface area contributed by atoms with Gasteiger partial charge in [0.15, 0.2) is 5.69 Å². The molecule has 0 saturated heterocycles. The van der Waals surface area contributed by atoms with Crippen LogP contribution in [0.5, 0.6) is 0 Å². The third kappa shape index (κ3) is 3.52. The molecule has 0 radical (unpaired) electrons. The summed E-state index contributed by atoms with van der Waals surface area (Å²) in [5.74, 6) is 0.651. The molecule has 5 heteroatoms. The van der Waals surface area contributed by atoms with Crippen LogP contribution in [0.3, 0.4) is 0 Å². The highest BCUT2D eigenvalue weighted by Crippen LogP contribution is 2.22. The number of rotatable bonds is 4. The summed E-state index contributed by atoms with van der Waals surface area (Å²) in [6.07, 6.45) is 4.04. The smallest absolute Gasteiger partial charge is 0.158 e. The Hall–Kier alpha value is -0.790. The van der Waals surface area contributed by atoms with Gasteiger partial charge >= 0.3 is 0 Å². The molecule has 3 nitrogen and oxygen atoms in total. The van der Waals surface area contributed by atoms with Gasteiger partial charge in [0.05, 0.1) is 12.4 Å². The highest BCUT2D eigenvalue weighted by Gasteiger charge is 2.05. The Balaban J connectivity index is 2.56. The van der Waals surface area contributed by atoms with Gasteiger partial charge in [0.25, 0.3) is 0 Å². The normalized spacial score (nSPS) is 12.1. The van der Waals surface area contributed by atoms with E-state index in [1.165, 1.54) is 6.20 Å². The van der Waals surface area contributed by atoms with Gasteiger partial charge in [-0.2, -0.15) is 5.26 Å². The average Bonchev–Trinajstić information content (AvgIpc) is 2.19. The van der Waals surface area contributed by atoms with Crippen molar-refractivity contribution in [3.63, 3.8) is 0 Å². The zero-order valence-electron chi connectivity index (χ0n) is 7.77. The van der Waals surface area contributed by atoms with Gasteiger partial charge in [0, 0.05) is 11.1 Å². The highest BCUT2D eigenvalue weighted by atomic mass is 35.5. The van der Waals surface area contributed by atoms with Crippen molar-refractivity contribution in [3.8, 4) is 6.07 Å². The molecular weight excluding hydrogens is 218 g/mol. The molecule has 0 fully saturated rings. The monoisotopic (exact) mass is 227 g/mol. The largest absolute Gasteiger partial charge is 0.245 e. The lowest BCUT2D eigenvalue weighted by Crippen LogP contribution is -1.98. The molecule has 0 aliphatic carbocycles. The number of aromatic nitrogens is 2. The molecule has 0 saturated carbocycles. The van der Waals surface area contributed by atoms with Crippen LogP contribution in [0.2, 0.25) is 0 Å². The van der Waals surface area contributed by atoms with Crippen LogP contribution >= 0.6 is 23.4 Å². The van der Waals surface area contributed by atoms with Gasteiger partial charge in [-0.15, -0.1) is 23.4 Å². The fourth-order valence-corrected chi connectivity index (χ4v) is 2.19. The van der Waals surface area contributed by atoms with E-state index in [0.717, 1.165) is 11.4 Å². The third-order valence-corrected chi connectivity index (χ3v) is 2.89. The van der Waals surface area contributed by atoms with Crippen LogP contribution in [0.25, 0.3) is 0 Å². The van der Waals surface area contributed by atoms with Gasteiger partial charge in [-0.05, 0) is 6.42 Å². The van der Waals surface area contributed by atoms with Crippen molar-refractivity contribution in [1.82, 2.24) is 9.97 Å². The summed E-state index contributed by atoms with van der Waals surface area (Å²) in [5, 5.41) is 9.78. The number of hydrogen-bond acceptors (Lipinski definition) is 4. The standard InChI is InChI=1S/C9H10ClN3S/c1-7(2-3-10)14-9-6-12-8(4-11)5-13-9/h5-7H,2-3H2,1H3. The molecule has 1 rings (SSSR count).